The number of hydrogen-bond donors (Lipinski definition) is 2. The summed E-state index contributed by atoms with van der Waals surface area (Å²) in [5.74, 6) is 0.157. The van der Waals surface area contributed by atoms with Gasteiger partial charge in [-0.2, -0.15) is 0 Å². The Kier molecular flexibility index (Phi) is 7.36. The summed E-state index contributed by atoms with van der Waals surface area (Å²) in [6.07, 6.45) is 12.8. The van der Waals surface area contributed by atoms with Crippen molar-refractivity contribution in [2.45, 2.75) is 82.3 Å². The fourth-order valence-electron chi connectivity index (χ4n) is 4.45. The van der Waals surface area contributed by atoms with E-state index in [1.165, 1.54) is 64.5 Å². The van der Waals surface area contributed by atoms with Crippen molar-refractivity contribution in [3.63, 3.8) is 0 Å². The molecule has 24 heavy (non-hydrogen) atoms. The second-order valence-electron chi connectivity index (χ2n) is 7.80. The van der Waals surface area contributed by atoms with Crippen molar-refractivity contribution in [3.8, 4) is 0 Å². The Hall–Kier alpha value is -0.650. The summed E-state index contributed by atoms with van der Waals surface area (Å²) in [5.41, 5.74) is 0. The van der Waals surface area contributed by atoms with Gasteiger partial charge in [0.2, 0.25) is 5.91 Å². The number of piperidine rings is 1. The van der Waals surface area contributed by atoms with E-state index in [4.69, 9.17) is 4.74 Å². The lowest BCUT2D eigenvalue weighted by molar-refractivity contribution is -0.121. The van der Waals surface area contributed by atoms with Crippen LogP contribution in [0.4, 0.5) is 0 Å². The standard InChI is InChI=1S/C19H35N3O2/c23-19(21-16-9-5-2-1-3-6-10-16)13-20-17-14-24-15-18(17)22-11-7-4-8-12-22/h16-18,20H,1-15H2,(H,21,23)/t17-,18-/m1/s1. The predicted molar refractivity (Wildman–Crippen MR) is 96.1 cm³/mol. The van der Waals surface area contributed by atoms with Gasteiger partial charge in [-0.15, -0.1) is 0 Å². The Morgan fingerprint density at radius 1 is 0.917 bits per heavy atom. The van der Waals surface area contributed by atoms with Crippen LogP contribution in [0.1, 0.15) is 64.2 Å². The molecule has 138 valence electrons. The molecule has 3 aliphatic rings. The molecule has 1 amide bonds. The van der Waals surface area contributed by atoms with Gasteiger partial charge in [-0.3, -0.25) is 9.69 Å². The van der Waals surface area contributed by atoms with E-state index in [1.807, 2.05) is 0 Å². The van der Waals surface area contributed by atoms with Crippen LogP contribution in [0, 0.1) is 0 Å². The third-order valence-corrected chi connectivity index (χ3v) is 5.91. The van der Waals surface area contributed by atoms with E-state index in [0.29, 0.717) is 24.7 Å². The number of nitrogens with zero attached hydrogens (tertiary/aromatic N) is 1. The lowest BCUT2D eigenvalue weighted by Crippen LogP contribution is -2.53. The minimum atomic E-state index is 0.157. The molecule has 5 heteroatoms. The first-order chi connectivity index (χ1) is 11.8. The third kappa shape index (κ3) is 5.43. The normalized spacial score (nSPS) is 30.7. The number of amides is 1. The Balaban J connectivity index is 1.39. The van der Waals surface area contributed by atoms with E-state index < -0.39 is 0 Å². The number of carbonyl (C=O) groups is 1. The van der Waals surface area contributed by atoms with Crippen LogP contribution in [0.2, 0.25) is 0 Å². The lowest BCUT2D eigenvalue weighted by atomic mass is 9.97. The smallest absolute Gasteiger partial charge is 0.234 e. The Morgan fingerprint density at radius 2 is 1.58 bits per heavy atom. The Bertz CT molecular complexity index is 377. The van der Waals surface area contributed by atoms with Crippen molar-refractivity contribution < 1.29 is 9.53 Å². The molecule has 1 aliphatic carbocycles. The second-order valence-corrected chi connectivity index (χ2v) is 7.80. The zero-order chi connectivity index (χ0) is 16.6. The highest BCUT2D eigenvalue weighted by Crippen LogP contribution is 2.19. The molecule has 2 aliphatic heterocycles. The maximum Gasteiger partial charge on any atom is 0.234 e. The molecule has 2 heterocycles. The maximum absolute atomic E-state index is 12.3. The van der Waals surface area contributed by atoms with Gasteiger partial charge in [0.25, 0.3) is 0 Å². The van der Waals surface area contributed by atoms with Gasteiger partial charge < -0.3 is 15.4 Å². The molecule has 1 saturated carbocycles. The van der Waals surface area contributed by atoms with E-state index in [1.54, 1.807) is 0 Å². The molecule has 2 atom stereocenters. The van der Waals surface area contributed by atoms with Crippen LogP contribution in [0.5, 0.6) is 0 Å². The van der Waals surface area contributed by atoms with Crippen molar-refractivity contribution in [2.75, 3.05) is 32.8 Å². The Labute approximate surface area is 146 Å². The maximum atomic E-state index is 12.3. The van der Waals surface area contributed by atoms with E-state index in [0.717, 1.165) is 26.1 Å². The number of likely N-dealkylation sites (tertiary alicyclic amines) is 1. The van der Waals surface area contributed by atoms with Gasteiger partial charge in [0.05, 0.1) is 25.8 Å². The zero-order valence-corrected chi connectivity index (χ0v) is 15.1. The molecule has 0 bridgehead atoms. The van der Waals surface area contributed by atoms with E-state index in [9.17, 15) is 4.79 Å². The van der Waals surface area contributed by atoms with Crippen LogP contribution < -0.4 is 10.6 Å². The largest absolute Gasteiger partial charge is 0.378 e. The van der Waals surface area contributed by atoms with Gasteiger partial charge in [-0.05, 0) is 38.8 Å². The van der Waals surface area contributed by atoms with Crippen molar-refractivity contribution in [2.24, 2.45) is 0 Å². The van der Waals surface area contributed by atoms with Gasteiger partial charge in [0, 0.05) is 12.1 Å². The molecule has 0 unspecified atom stereocenters. The lowest BCUT2D eigenvalue weighted by Gasteiger charge is -2.34. The average Bonchev–Trinajstić information content (AvgIpc) is 3.05. The van der Waals surface area contributed by atoms with Crippen LogP contribution in [0.3, 0.4) is 0 Å². The highest BCUT2D eigenvalue weighted by molar-refractivity contribution is 5.78. The van der Waals surface area contributed by atoms with Gasteiger partial charge in [-0.25, -0.2) is 0 Å². The molecule has 0 aromatic rings. The van der Waals surface area contributed by atoms with Crippen LogP contribution in [0.15, 0.2) is 0 Å². The number of ether oxygens (including phenoxy) is 1. The Morgan fingerprint density at radius 3 is 2.33 bits per heavy atom. The van der Waals surface area contributed by atoms with Gasteiger partial charge in [-0.1, -0.05) is 38.5 Å². The predicted octanol–water partition coefficient (Wildman–Crippen LogP) is 2.06. The highest BCUT2D eigenvalue weighted by atomic mass is 16.5. The minimum absolute atomic E-state index is 0.157. The van der Waals surface area contributed by atoms with Crippen LogP contribution >= 0.6 is 0 Å². The molecular formula is C19H35N3O2. The fourth-order valence-corrected chi connectivity index (χ4v) is 4.45. The number of nitrogens with one attached hydrogen (secondary N) is 2. The molecule has 0 radical (unpaired) electrons. The molecular weight excluding hydrogens is 302 g/mol. The molecule has 2 N–H and O–H groups in total. The first kappa shape index (κ1) is 18.2. The fraction of sp³-hybridized carbons (Fsp3) is 0.947. The summed E-state index contributed by atoms with van der Waals surface area (Å²) in [6, 6.07) is 1.13. The van der Waals surface area contributed by atoms with Crippen molar-refractivity contribution in [3.05, 3.63) is 0 Å². The first-order valence-corrected chi connectivity index (χ1v) is 10.2. The zero-order valence-electron chi connectivity index (χ0n) is 15.1. The number of rotatable bonds is 5. The SMILES string of the molecule is O=C(CN[C@@H]1COC[C@H]1N1CCCCC1)NC1CCCCCCC1. The quantitative estimate of drug-likeness (QED) is 0.806. The van der Waals surface area contributed by atoms with E-state index >= 15 is 0 Å². The minimum Gasteiger partial charge on any atom is -0.378 e. The third-order valence-electron chi connectivity index (χ3n) is 5.91. The summed E-state index contributed by atoms with van der Waals surface area (Å²) in [7, 11) is 0. The second kappa shape index (κ2) is 9.73. The molecule has 0 aromatic carbocycles. The van der Waals surface area contributed by atoms with E-state index in [-0.39, 0.29) is 5.91 Å². The number of carbonyl (C=O) groups excluding carboxylic acids is 1. The highest BCUT2D eigenvalue weighted by Gasteiger charge is 2.33. The van der Waals surface area contributed by atoms with E-state index in [2.05, 4.69) is 15.5 Å². The molecule has 0 spiro atoms. The van der Waals surface area contributed by atoms with Gasteiger partial charge >= 0.3 is 0 Å². The molecule has 0 aromatic heterocycles. The van der Waals surface area contributed by atoms with Crippen molar-refractivity contribution in [1.82, 2.24) is 15.5 Å². The van der Waals surface area contributed by atoms with Crippen LogP contribution in [-0.4, -0.2) is 61.8 Å². The van der Waals surface area contributed by atoms with Crippen molar-refractivity contribution in [1.29, 1.82) is 0 Å². The molecule has 3 fully saturated rings. The van der Waals surface area contributed by atoms with Crippen LogP contribution in [0.25, 0.3) is 0 Å². The molecule has 3 rings (SSSR count). The topological polar surface area (TPSA) is 53.6 Å². The summed E-state index contributed by atoms with van der Waals surface area (Å²) in [6.45, 7) is 4.33. The molecule has 2 saturated heterocycles. The van der Waals surface area contributed by atoms with Gasteiger partial charge in [0.15, 0.2) is 0 Å². The van der Waals surface area contributed by atoms with Crippen LogP contribution in [-0.2, 0) is 9.53 Å². The van der Waals surface area contributed by atoms with Crippen molar-refractivity contribution >= 4 is 5.91 Å². The summed E-state index contributed by atoms with van der Waals surface area (Å²) in [5, 5.41) is 6.72. The number of hydrogen-bond acceptors (Lipinski definition) is 4. The molecule has 5 nitrogen and oxygen atoms in total. The van der Waals surface area contributed by atoms with Gasteiger partial charge in [0.1, 0.15) is 0 Å². The summed E-state index contributed by atoms with van der Waals surface area (Å²) < 4.78 is 5.70. The first-order valence-electron chi connectivity index (χ1n) is 10.2. The monoisotopic (exact) mass is 337 g/mol. The summed E-state index contributed by atoms with van der Waals surface area (Å²) >= 11 is 0. The summed E-state index contributed by atoms with van der Waals surface area (Å²) in [4.78, 5) is 14.9. The average molecular weight is 338 g/mol.